The van der Waals surface area contributed by atoms with Crippen LogP contribution in [-0.2, 0) is 0 Å². The van der Waals surface area contributed by atoms with Crippen LogP contribution in [0.25, 0.3) is 0 Å². The molecular weight excluding hydrogens is 292 g/mol. The zero-order valence-electron chi connectivity index (χ0n) is 16.0. The highest BCUT2D eigenvalue weighted by Crippen LogP contribution is 2.29. The summed E-state index contributed by atoms with van der Waals surface area (Å²) in [6, 6.07) is 1.67. The van der Waals surface area contributed by atoms with Gasteiger partial charge in [0.25, 0.3) is 0 Å². The molecule has 0 saturated heterocycles. The first-order valence-corrected chi connectivity index (χ1v) is 11.4. The molecule has 3 fully saturated rings. The van der Waals surface area contributed by atoms with Gasteiger partial charge in [0.1, 0.15) is 0 Å². The summed E-state index contributed by atoms with van der Waals surface area (Å²) >= 11 is 0. The van der Waals surface area contributed by atoms with Crippen molar-refractivity contribution in [3.05, 3.63) is 0 Å². The predicted molar refractivity (Wildman–Crippen MR) is 104 cm³/mol. The molecule has 0 heterocycles. The quantitative estimate of drug-likeness (QED) is 0.634. The minimum atomic E-state index is 0.835. The van der Waals surface area contributed by atoms with Gasteiger partial charge < -0.3 is 10.6 Å². The molecule has 0 aromatic heterocycles. The first kappa shape index (κ1) is 18.7. The van der Waals surface area contributed by atoms with Gasteiger partial charge in [-0.2, -0.15) is 0 Å². The molecular formula is C22H42N2. The lowest BCUT2D eigenvalue weighted by atomic mass is 9.81. The van der Waals surface area contributed by atoms with Gasteiger partial charge in [-0.25, -0.2) is 0 Å². The fraction of sp³-hybridized carbons (Fsp3) is 1.00. The van der Waals surface area contributed by atoms with Crippen molar-refractivity contribution in [2.45, 2.75) is 115 Å². The maximum atomic E-state index is 3.92. The Hall–Kier alpha value is -0.0800. The van der Waals surface area contributed by atoms with Gasteiger partial charge in [-0.1, -0.05) is 51.4 Å². The van der Waals surface area contributed by atoms with Crippen molar-refractivity contribution in [3.63, 3.8) is 0 Å². The van der Waals surface area contributed by atoms with Gasteiger partial charge in [0.05, 0.1) is 0 Å². The van der Waals surface area contributed by atoms with E-state index < -0.39 is 0 Å². The van der Waals surface area contributed by atoms with Gasteiger partial charge in [-0.05, 0) is 76.3 Å². The normalized spacial score (nSPS) is 31.5. The summed E-state index contributed by atoms with van der Waals surface area (Å²) in [5.74, 6) is 1.92. The molecule has 2 N–H and O–H groups in total. The van der Waals surface area contributed by atoms with Crippen LogP contribution >= 0.6 is 0 Å². The molecule has 0 atom stereocenters. The van der Waals surface area contributed by atoms with Crippen molar-refractivity contribution in [2.75, 3.05) is 13.1 Å². The Balaban J connectivity index is 1.26. The lowest BCUT2D eigenvalue weighted by Crippen LogP contribution is -2.37. The van der Waals surface area contributed by atoms with Crippen LogP contribution in [0.15, 0.2) is 0 Å². The molecule has 0 aromatic rings. The smallest absolute Gasteiger partial charge is 0.00671 e. The van der Waals surface area contributed by atoms with Gasteiger partial charge in [-0.3, -0.25) is 0 Å². The maximum absolute atomic E-state index is 3.92. The Labute approximate surface area is 150 Å². The molecule has 0 aromatic carbocycles. The second-order valence-electron chi connectivity index (χ2n) is 9.08. The van der Waals surface area contributed by atoms with Gasteiger partial charge in [-0.15, -0.1) is 0 Å². The van der Waals surface area contributed by atoms with Crippen LogP contribution in [0.2, 0.25) is 0 Å². The Kier molecular flexibility index (Phi) is 8.42. The van der Waals surface area contributed by atoms with Crippen LogP contribution in [0.1, 0.15) is 103 Å². The molecule has 0 aliphatic heterocycles. The van der Waals surface area contributed by atoms with Gasteiger partial charge in [0.15, 0.2) is 0 Å². The summed E-state index contributed by atoms with van der Waals surface area (Å²) in [5.41, 5.74) is 0. The van der Waals surface area contributed by atoms with Crippen LogP contribution in [0.5, 0.6) is 0 Å². The van der Waals surface area contributed by atoms with Gasteiger partial charge >= 0.3 is 0 Å². The van der Waals surface area contributed by atoms with E-state index in [1.807, 2.05) is 0 Å². The highest BCUT2D eigenvalue weighted by atomic mass is 14.9. The second kappa shape index (κ2) is 10.8. The molecule has 0 radical (unpaired) electrons. The van der Waals surface area contributed by atoms with Gasteiger partial charge in [0.2, 0.25) is 0 Å². The van der Waals surface area contributed by atoms with Crippen LogP contribution in [0.3, 0.4) is 0 Å². The molecule has 24 heavy (non-hydrogen) atoms. The van der Waals surface area contributed by atoms with Crippen LogP contribution in [0.4, 0.5) is 0 Å². The maximum Gasteiger partial charge on any atom is 0.00671 e. The Morgan fingerprint density at radius 1 is 0.417 bits per heavy atom. The monoisotopic (exact) mass is 334 g/mol. The molecule has 0 amide bonds. The average molecular weight is 335 g/mol. The van der Waals surface area contributed by atoms with Crippen molar-refractivity contribution in [2.24, 2.45) is 11.8 Å². The summed E-state index contributed by atoms with van der Waals surface area (Å²) in [6.07, 6.45) is 23.3. The first-order chi connectivity index (χ1) is 11.9. The summed E-state index contributed by atoms with van der Waals surface area (Å²) in [6.45, 7) is 2.60. The second-order valence-corrected chi connectivity index (χ2v) is 9.08. The van der Waals surface area contributed by atoms with Gasteiger partial charge in [0, 0.05) is 12.1 Å². The minimum absolute atomic E-state index is 0.835. The summed E-state index contributed by atoms with van der Waals surface area (Å²) in [4.78, 5) is 0. The molecule has 3 aliphatic carbocycles. The zero-order valence-corrected chi connectivity index (χ0v) is 16.0. The predicted octanol–water partition coefficient (Wildman–Crippen LogP) is 5.42. The Morgan fingerprint density at radius 2 is 0.750 bits per heavy atom. The minimum Gasteiger partial charge on any atom is -0.314 e. The topological polar surface area (TPSA) is 24.1 Å². The molecule has 3 aliphatic rings. The van der Waals surface area contributed by atoms with E-state index in [1.165, 1.54) is 116 Å². The van der Waals surface area contributed by atoms with Crippen molar-refractivity contribution in [1.29, 1.82) is 0 Å². The molecule has 3 saturated carbocycles. The molecule has 0 unspecified atom stereocenters. The lowest BCUT2D eigenvalue weighted by Gasteiger charge is -2.31. The molecule has 3 rings (SSSR count). The third-order valence-corrected chi connectivity index (χ3v) is 7.07. The summed E-state index contributed by atoms with van der Waals surface area (Å²) in [7, 11) is 0. The van der Waals surface area contributed by atoms with E-state index in [0.717, 1.165) is 23.9 Å². The summed E-state index contributed by atoms with van der Waals surface area (Å²) in [5, 5.41) is 7.84. The van der Waals surface area contributed by atoms with Crippen molar-refractivity contribution < 1.29 is 0 Å². The molecule has 0 bridgehead atoms. The SMILES string of the molecule is C1CCCC(NCC2CCC(CNC3CCCCCC3)CC2)CC1. The number of rotatable bonds is 6. The van der Waals surface area contributed by atoms with Crippen LogP contribution in [-0.4, -0.2) is 25.2 Å². The fourth-order valence-electron chi connectivity index (χ4n) is 5.27. The molecule has 2 nitrogen and oxygen atoms in total. The average Bonchev–Trinajstić information content (AvgIpc) is 3.04. The summed E-state index contributed by atoms with van der Waals surface area (Å²) < 4.78 is 0. The van der Waals surface area contributed by atoms with Crippen molar-refractivity contribution in [3.8, 4) is 0 Å². The molecule has 140 valence electrons. The van der Waals surface area contributed by atoms with E-state index in [9.17, 15) is 0 Å². The zero-order chi connectivity index (χ0) is 16.5. The number of hydrogen-bond acceptors (Lipinski definition) is 2. The first-order valence-electron chi connectivity index (χ1n) is 11.4. The largest absolute Gasteiger partial charge is 0.314 e. The van der Waals surface area contributed by atoms with E-state index in [1.54, 1.807) is 0 Å². The van der Waals surface area contributed by atoms with E-state index in [-0.39, 0.29) is 0 Å². The van der Waals surface area contributed by atoms with Crippen LogP contribution in [0, 0.1) is 11.8 Å². The van der Waals surface area contributed by atoms with E-state index in [0.29, 0.717) is 0 Å². The Morgan fingerprint density at radius 3 is 1.08 bits per heavy atom. The standard InChI is InChI=1S/C22H42N2/c1-2-6-10-21(9-5-1)23-17-19-13-15-20(16-14-19)18-24-22-11-7-3-4-8-12-22/h19-24H,1-18H2. The molecule has 2 heteroatoms. The van der Waals surface area contributed by atoms with Crippen molar-refractivity contribution >= 4 is 0 Å². The number of nitrogens with one attached hydrogen (secondary N) is 2. The fourth-order valence-corrected chi connectivity index (χ4v) is 5.27. The van der Waals surface area contributed by atoms with E-state index in [4.69, 9.17) is 0 Å². The highest BCUT2D eigenvalue weighted by Gasteiger charge is 2.23. The Bertz CT molecular complexity index is 274. The highest BCUT2D eigenvalue weighted by molar-refractivity contribution is 4.80. The molecule has 0 spiro atoms. The van der Waals surface area contributed by atoms with Crippen LogP contribution < -0.4 is 10.6 Å². The third-order valence-electron chi connectivity index (χ3n) is 7.07. The third kappa shape index (κ3) is 6.67. The van der Waals surface area contributed by atoms with E-state index in [2.05, 4.69) is 10.6 Å². The van der Waals surface area contributed by atoms with E-state index >= 15 is 0 Å². The lowest BCUT2D eigenvalue weighted by molar-refractivity contribution is 0.245. The number of hydrogen-bond donors (Lipinski definition) is 2. The van der Waals surface area contributed by atoms with Crippen molar-refractivity contribution in [1.82, 2.24) is 10.6 Å².